The van der Waals surface area contributed by atoms with Crippen LogP contribution in [0.1, 0.15) is 25.0 Å². The van der Waals surface area contributed by atoms with Gasteiger partial charge in [-0.15, -0.1) is 0 Å². The molecule has 1 aromatic heterocycles. The number of fused-ring (bicyclic) bond motifs is 1. The van der Waals surface area contributed by atoms with Crippen molar-refractivity contribution < 1.29 is 0 Å². The molecule has 3 heterocycles. The van der Waals surface area contributed by atoms with Gasteiger partial charge in [-0.3, -0.25) is 4.99 Å². The van der Waals surface area contributed by atoms with Gasteiger partial charge in [0.15, 0.2) is 0 Å². The summed E-state index contributed by atoms with van der Waals surface area (Å²) in [4.78, 5) is 18.5. The maximum absolute atomic E-state index is 6.54. The lowest BCUT2D eigenvalue weighted by atomic mass is 9.79. The molecule has 0 radical (unpaired) electrons. The number of nitrogens with one attached hydrogen (secondary N) is 1. The predicted octanol–water partition coefficient (Wildman–Crippen LogP) is 5.00. The van der Waals surface area contributed by atoms with Gasteiger partial charge < -0.3 is 15.1 Å². The number of aliphatic imine (C=N–C) groups is 1. The second-order valence-corrected chi connectivity index (χ2v) is 9.92. The van der Waals surface area contributed by atoms with Crippen LogP contribution in [0.25, 0.3) is 11.3 Å². The van der Waals surface area contributed by atoms with E-state index in [0.717, 1.165) is 55.2 Å². The second-order valence-electron chi connectivity index (χ2n) is 9.51. The van der Waals surface area contributed by atoms with E-state index in [1.165, 1.54) is 11.3 Å². The third kappa shape index (κ3) is 4.59. The number of likely N-dealkylation sites (N-methyl/N-ethyl adjacent to an activating group) is 1. The first-order valence-corrected chi connectivity index (χ1v) is 11.7. The van der Waals surface area contributed by atoms with Gasteiger partial charge in [-0.05, 0) is 42.4 Å². The molecule has 2 aliphatic rings. The highest BCUT2D eigenvalue weighted by Crippen LogP contribution is 2.35. The zero-order valence-corrected chi connectivity index (χ0v) is 20.1. The molecule has 1 N–H and O–H groups in total. The molecule has 3 aromatic rings. The summed E-state index contributed by atoms with van der Waals surface area (Å²) >= 11 is 6.54. The van der Waals surface area contributed by atoms with Crippen LogP contribution >= 0.6 is 11.6 Å². The van der Waals surface area contributed by atoms with E-state index in [1.807, 2.05) is 12.3 Å². The Morgan fingerprint density at radius 3 is 2.67 bits per heavy atom. The molecular formula is C26H29ClN6. The SMILES string of the molecule is CN1CCN(c2cccc(Nc3ncc(Cl)c(-c4ccc5c(c4)C(C)(C)CN=C5)n3)c2)CC1. The summed E-state index contributed by atoms with van der Waals surface area (Å²) in [5, 5.41) is 3.91. The first-order valence-electron chi connectivity index (χ1n) is 11.4. The van der Waals surface area contributed by atoms with Crippen molar-refractivity contribution in [3.8, 4) is 11.3 Å². The number of nitrogens with zero attached hydrogens (tertiary/aromatic N) is 5. The Hall–Kier alpha value is -2.96. The standard InChI is InChI=1S/C26H29ClN6/c1-26(2)17-28-15-19-8-7-18(13-22(19)26)24-23(27)16-29-25(31-24)30-20-5-4-6-21(14-20)33-11-9-32(3)10-12-33/h4-8,13-16H,9-12,17H2,1-3H3,(H,29,30,31). The van der Waals surface area contributed by atoms with Crippen LogP contribution in [0.5, 0.6) is 0 Å². The van der Waals surface area contributed by atoms with Gasteiger partial charge >= 0.3 is 0 Å². The van der Waals surface area contributed by atoms with Gasteiger partial charge in [0, 0.05) is 61.3 Å². The summed E-state index contributed by atoms with van der Waals surface area (Å²) in [7, 11) is 2.17. The number of rotatable bonds is 4. The molecule has 0 amide bonds. The summed E-state index contributed by atoms with van der Waals surface area (Å²) in [6.07, 6.45) is 3.62. The highest BCUT2D eigenvalue weighted by molar-refractivity contribution is 6.32. The van der Waals surface area contributed by atoms with Gasteiger partial charge in [-0.25, -0.2) is 9.97 Å². The number of halogens is 1. The topological polar surface area (TPSA) is 56.6 Å². The van der Waals surface area contributed by atoms with Gasteiger partial charge in [-0.1, -0.05) is 43.6 Å². The molecule has 0 spiro atoms. The molecular weight excluding hydrogens is 432 g/mol. The van der Waals surface area contributed by atoms with Crippen LogP contribution in [0.3, 0.4) is 0 Å². The number of piperazine rings is 1. The third-order valence-corrected chi connectivity index (χ3v) is 6.76. The van der Waals surface area contributed by atoms with E-state index in [9.17, 15) is 0 Å². The fraction of sp³-hybridized carbons (Fsp3) is 0.346. The molecule has 2 aromatic carbocycles. The normalized spacial score (nSPS) is 17.6. The third-order valence-electron chi connectivity index (χ3n) is 6.49. The molecule has 0 aliphatic carbocycles. The molecule has 1 saturated heterocycles. The minimum Gasteiger partial charge on any atom is -0.369 e. The maximum atomic E-state index is 6.54. The van der Waals surface area contributed by atoms with Crippen molar-refractivity contribution >= 4 is 35.1 Å². The fourth-order valence-corrected chi connectivity index (χ4v) is 4.66. The van der Waals surface area contributed by atoms with Gasteiger partial charge in [0.05, 0.1) is 16.9 Å². The lowest BCUT2D eigenvalue weighted by Crippen LogP contribution is -2.44. The van der Waals surface area contributed by atoms with Crippen molar-refractivity contribution in [3.05, 3.63) is 64.8 Å². The monoisotopic (exact) mass is 460 g/mol. The van der Waals surface area contributed by atoms with Crippen LogP contribution < -0.4 is 10.2 Å². The first-order chi connectivity index (χ1) is 15.9. The van der Waals surface area contributed by atoms with Gasteiger partial charge in [0.1, 0.15) is 0 Å². The second kappa shape index (κ2) is 8.76. The largest absolute Gasteiger partial charge is 0.369 e. The van der Waals surface area contributed by atoms with Crippen molar-refractivity contribution in [2.24, 2.45) is 4.99 Å². The molecule has 6 nitrogen and oxygen atoms in total. The Labute approximate surface area is 200 Å². The average molecular weight is 461 g/mol. The van der Waals surface area contributed by atoms with Crippen molar-refractivity contribution in [1.29, 1.82) is 0 Å². The maximum Gasteiger partial charge on any atom is 0.227 e. The highest BCUT2D eigenvalue weighted by atomic mass is 35.5. The highest BCUT2D eigenvalue weighted by Gasteiger charge is 2.26. The molecule has 0 bridgehead atoms. The lowest BCUT2D eigenvalue weighted by Gasteiger charge is -2.34. The number of aromatic nitrogens is 2. The minimum atomic E-state index is -0.0234. The van der Waals surface area contributed by atoms with E-state index in [0.29, 0.717) is 11.0 Å². The Balaban J connectivity index is 1.41. The summed E-state index contributed by atoms with van der Waals surface area (Å²) in [5.74, 6) is 0.531. The van der Waals surface area contributed by atoms with E-state index >= 15 is 0 Å². The zero-order chi connectivity index (χ0) is 23.0. The average Bonchev–Trinajstić information content (AvgIpc) is 2.81. The van der Waals surface area contributed by atoms with E-state index in [2.05, 4.69) is 82.4 Å². The number of hydrogen-bond donors (Lipinski definition) is 1. The van der Waals surface area contributed by atoms with Crippen LogP contribution in [0.4, 0.5) is 17.3 Å². The summed E-state index contributed by atoms with van der Waals surface area (Å²) < 4.78 is 0. The molecule has 0 saturated carbocycles. The van der Waals surface area contributed by atoms with Crippen molar-refractivity contribution in [3.63, 3.8) is 0 Å². The van der Waals surface area contributed by atoms with Gasteiger partial charge in [0.25, 0.3) is 0 Å². The number of benzene rings is 2. The minimum absolute atomic E-state index is 0.0234. The van der Waals surface area contributed by atoms with Crippen molar-refractivity contribution in [2.75, 3.05) is 50.0 Å². The van der Waals surface area contributed by atoms with Crippen LogP contribution in [0.15, 0.2) is 53.7 Å². The smallest absolute Gasteiger partial charge is 0.227 e. The van der Waals surface area contributed by atoms with E-state index in [-0.39, 0.29) is 5.41 Å². The van der Waals surface area contributed by atoms with Crippen molar-refractivity contribution in [1.82, 2.24) is 14.9 Å². The van der Waals surface area contributed by atoms with Gasteiger partial charge in [-0.2, -0.15) is 0 Å². The predicted molar refractivity (Wildman–Crippen MR) is 137 cm³/mol. The summed E-state index contributed by atoms with van der Waals surface area (Å²) in [6, 6.07) is 14.8. The van der Waals surface area contributed by atoms with E-state index in [4.69, 9.17) is 16.6 Å². The molecule has 0 atom stereocenters. The fourth-order valence-electron chi connectivity index (χ4n) is 4.46. The van der Waals surface area contributed by atoms with Crippen LogP contribution in [-0.4, -0.2) is 60.9 Å². The molecule has 7 heteroatoms. The quantitative estimate of drug-likeness (QED) is 0.593. The Bertz CT molecular complexity index is 1200. The molecule has 33 heavy (non-hydrogen) atoms. The first kappa shape index (κ1) is 21.9. The zero-order valence-electron chi connectivity index (χ0n) is 19.3. The Morgan fingerprint density at radius 1 is 1.03 bits per heavy atom. The molecule has 170 valence electrons. The van der Waals surface area contributed by atoms with Crippen molar-refractivity contribution in [2.45, 2.75) is 19.3 Å². The van der Waals surface area contributed by atoms with Crippen LogP contribution in [0, 0.1) is 0 Å². The van der Waals surface area contributed by atoms with E-state index in [1.54, 1.807) is 6.20 Å². The van der Waals surface area contributed by atoms with E-state index < -0.39 is 0 Å². The Kier molecular flexibility index (Phi) is 5.81. The van der Waals surface area contributed by atoms with Crippen LogP contribution in [0.2, 0.25) is 5.02 Å². The van der Waals surface area contributed by atoms with Gasteiger partial charge in [0.2, 0.25) is 5.95 Å². The molecule has 1 fully saturated rings. The summed E-state index contributed by atoms with van der Waals surface area (Å²) in [5.41, 5.74) is 6.27. The molecule has 5 rings (SSSR count). The Morgan fingerprint density at radius 2 is 1.85 bits per heavy atom. The number of anilines is 3. The van der Waals surface area contributed by atoms with Crippen LogP contribution in [-0.2, 0) is 5.41 Å². The summed E-state index contributed by atoms with van der Waals surface area (Å²) in [6.45, 7) is 9.41. The molecule has 0 unspecified atom stereocenters. The molecule has 2 aliphatic heterocycles. The number of hydrogen-bond acceptors (Lipinski definition) is 6. The lowest BCUT2D eigenvalue weighted by molar-refractivity contribution is 0.313.